The average Bonchev–Trinajstić information content (AvgIpc) is 2.83. The molecular weight excluding hydrogens is 474 g/mol. The van der Waals surface area contributed by atoms with Gasteiger partial charge in [0.2, 0.25) is 21.8 Å². The van der Waals surface area contributed by atoms with Crippen LogP contribution in [0.5, 0.6) is 0 Å². The zero-order valence-electron chi connectivity index (χ0n) is 22.5. The Kier molecular flexibility index (Phi) is 11.0. The smallest absolute Gasteiger partial charge is 0.242 e. The van der Waals surface area contributed by atoms with Crippen LogP contribution in [0.25, 0.3) is 0 Å². The fourth-order valence-electron chi connectivity index (χ4n) is 4.01. The first-order valence-corrected chi connectivity index (χ1v) is 14.5. The summed E-state index contributed by atoms with van der Waals surface area (Å²) < 4.78 is 26.5. The maximum Gasteiger partial charge on any atom is 0.242 e. The Morgan fingerprint density at radius 1 is 1.00 bits per heavy atom. The van der Waals surface area contributed by atoms with Crippen LogP contribution in [0.4, 0.5) is 5.69 Å². The van der Waals surface area contributed by atoms with E-state index in [1.807, 2.05) is 76.2 Å². The normalized spacial score (nSPS) is 13.1. The number of sulfonamides is 1. The summed E-state index contributed by atoms with van der Waals surface area (Å²) in [6.45, 7) is 10.1. The van der Waals surface area contributed by atoms with Crippen molar-refractivity contribution in [2.75, 3.05) is 23.7 Å². The van der Waals surface area contributed by atoms with Crippen molar-refractivity contribution in [3.63, 3.8) is 0 Å². The molecule has 0 heterocycles. The van der Waals surface area contributed by atoms with Gasteiger partial charge in [-0.1, -0.05) is 49.4 Å². The zero-order valence-corrected chi connectivity index (χ0v) is 23.3. The lowest BCUT2D eigenvalue weighted by Gasteiger charge is -2.30. The number of anilines is 1. The molecule has 0 fully saturated rings. The van der Waals surface area contributed by atoms with Gasteiger partial charge in [0.25, 0.3) is 0 Å². The highest BCUT2D eigenvalue weighted by molar-refractivity contribution is 7.92. The molecule has 2 atom stereocenters. The predicted molar refractivity (Wildman–Crippen MR) is 147 cm³/mol. The number of benzene rings is 2. The highest BCUT2D eigenvalue weighted by Crippen LogP contribution is 2.24. The van der Waals surface area contributed by atoms with Gasteiger partial charge >= 0.3 is 0 Å². The van der Waals surface area contributed by atoms with Gasteiger partial charge in [-0.15, -0.1) is 0 Å². The maximum atomic E-state index is 13.3. The standard InChI is InChI=1S/C28H41N3O4S/c1-7-23(4)29-28(33)24(5)30(19-17-25-12-9-8-10-13-25)27(32)14-11-18-31(36(6,34)35)26-20-21(2)15-16-22(26)3/h8-10,12-13,15-16,20,23-24H,7,11,14,17-19H2,1-6H3,(H,29,33)/t23-,24-/m1/s1. The number of nitrogens with zero attached hydrogens (tertiary/aromatic N) is 2. The molecule has 0 saturated heterocycles. The van der Waals surface area contributed by atoms with Crippen molar-refractivity contribution in [2.24, 2.45) is 0 Å². The summed E-state index contributed by atoms with van der Waals surface area (Å²) in [5, 5.41) is 2.97. The average molecular weight is 516 g/mol. The van der Waals surface area contributed by atoms with Gasteiger partial charge in [0.1, 0.15) is 6.04 Å². The van der Waals surface area contributed by atoms with E-state index in [-0.39, 0.29) is 30.8 Å². The molecular formula is C28H41N3O4S. The lowest BCUT2D eigenvalue weighted by molar-refractivity contribution is -0.140. The molecule has 0 aromatic heterocycles. The minimum atomic E-state index is -3.52. The van der Waals surface area contributed by atoms with Gasteiger partial charge in [0.05, 0.1) is 11.9 Å². The largest absolute Gasteiger partial charge is 0.352 e. The second kappa shape index (κ2) is 13.4. The molecule has 7 nitrogen and oxygen atoms in total. The number of aryl methyl sites for hydroxylation is 2. The molecule has 0 spiro atoms. The molecule has 2 amide bonds. The summed E-state index contributed by atoms with van der Waals surface area (Å²) in [6.07, 6.45) is 3.11. The van der Waals surface area contributed by atoms with E-state index in [2.05, 4.69) is 5.32 Å². The van der Waals surface area contributed by atoms with Gasteiger partial charge in [0, 0.05) is 25.6 Å². The third-order valence-corrected chi connectivity index (χ3v) is 7.62. The van der Waals surface area contributed by atoms with Gasteiger partial charge in [-0.2, -0.15) is 0 Å². The van der Waals surface area contributed by atoms with Crippen LogP contribution < -0.4 is 9.62 Å². The fourth-order valence-corrected chi connectivity index (χ4v) is 5.02. The molecule has 1 N–H and O–H groups in total. The number of rotatable bonds is 13. The number of hydrogen-bond donors (Lipinski definition) is 1. The second-order valence-corrected chi connectivity index (χ2v) is 11.5. The molecule has 0 radical (unpaired) electrons. The van der Waals surface area contributed by atoms with E-state index in [4.69, 9.17) is 0 Å². The van der Waals surface area contributed by atoms with E-state index in [9.17, 15) is 18.0 Å². The molecule has 2 aromatic rings. The zero-order chi connectivity index (χ0) is 26.9. The SMILES string of the molecule is CC[C@@H](C)NC(=O)[C@@H](C)N(CCc1ccccc1)C(=O)CCCN(c1cc(C)ccc1C)S(C)(=O)=O. The molecule has 36 heavy (non-hydrogen) atoms. The van der Waals surface area contributed by atoms with E-state index in [1.54, 1.807) is 11.8 Å². The molecule has 0 aliphatic carbocycles. The topological polar surface area (TPSA) is 86.8 Å². The fraction of sp³-hybridized carbons (Fsp3) is 0.500. The summed E-state index contributed by atoms with van der Waals surface area (Å²) in [5.74, 6) is -0.342. The monoisotopic (exact) mass is 515 g/mol. The Morgan fingerprint density at radius 3 is 2.28 bits per heavy atom. The van der Waals surface area contributed by atoms with E-state index in [0.29, 0.717) is 25.1 Å². The van der Waals surface area contributed by atoms with Crippen LogP contribution in [-0.2, 0) is 26.0 Å². The van der Waals surface area contributed by atoms with Crippen molar-refractivity contribution in [2.45, 2.75) is 72.4 Å². The van der Waals surface area contributed by atoms with Crippen LogP contribution in [0.1, 0.15) is 56.7 Å². The Balaban J connectivity index is 2.15. The molecule has 0 saturated carbocycles. The number of carbonyl (C=O) groups excluding carboxylic acids is 2. The van der Waals surface area contributed by atoms with Crippen LogP contribution >= 0.6 is 0 Å². The third kappa shape index (κ3) is 8.66. The molecule has 0 aliphatic rings. The Morgan fingerprint density at radius 2 is 1.67 bits per heavy atom. The Labute approximate surface area is 216 Å². The van der Waals surface area contributed by atoms with Crippen molar-refractivity contribution >= 4 is 27.5 Å². The second-order valence-electron chi connectivity index (χ2n) is 9.55. The lowest BCUT2D eigenvalue weighted by atomic mass is 10.1. The Hall–Kier alpha value is -2.87. The van der Waals surface area contributed by atoms with Crippen LogP contribution in [-0.4, -0.2) is 56.6 Å². The van der Waals surface area contributed by atoms with Gasteiger partial charge in [0.15, 0.2) is 0 Å². The Bertz CT molecular complexity index is 1120. The molecule has 0 aliphatic heterocycles. The molecule has 2 rings (SSSR count). The van der Waals surface area contributed by atoms with Crippen LogP contribution in [0, 0.1) is 13.8 Å². The molecule has 198 valence electrons. The number of nitrogens with one attached hydrogen (secondary N) is 1. The van der Waals surface area contributed by atoms with Gasteiger partial charge < -0.3 is 10.2 Å². The van der Waals surface area contributed by atoms with E-state index in [0.717, 1.165) is 23.1 Å². The lowest BCUT2D eigenvalue weighted by Crippen LogP contribution is -2.50. The van der Waals surface area contributed by atoms with E-state index < -0.39 is 16.1 Å². The minimum Gasteiger partial charge on any atom is -0.352 e. The summed E-state index contributed by atoms with van der Waals surface area (Å²) in [7, 11) is -3.52. The van der Waals surface area contributed by atoms with Crippen molar-refractivity contribution in [1.82, 2.24) is 10.2 Å². The third-order valence-electron chi connectivity index (χ3n) is 6.44. The summed E-state index contributed by atoms with van der Waals surface area (Å²) in [4.78, 5) is 27.8. The number of carbonyl (C=O) groups is 2. The maximum absolute atomic E-state index is 13.3. The first kappa shape index (κ1) is 29.4. The van der Waals surface area contributed by atoms with Crippen molar-refractivity contribution in [3.8, 4) is 0 Å². The van der Waals surface area contributed by atoms with Gasteiger partial charge in [-0.25, -0.2) is 8.42 Å². The predicted octanol–water partition coefficient (Wildman–Crippen LogP) is 4.22. The van der Waals surface area contributed by atoms with E-state index in [1.165, 1.54) is 10.6 Å². The molecule has 2 aromatic carbocycles. The summed E-state index contributed by atoms with van der Waals surface area (Å²) in [5.41, 5.74) is 3.54. The first-order chi connectivity index (χ1) is 16.9. The summed E-state index contributed by atoms with van der Waals surface area (Å²) >= 11 is 0. The van der Waals surface area contributed by atoms with Crippen LogP contribution in [0.15, 0.2) is 48.5 Å². The van der Waals surface area contributed by atoms with E-state index >= 15 is 0 Å². The highest BCUT2D eigenvalue weighted by Gasteiger charge is 2.27. The first-order valence-electron chi connectivity index (χ1n) is 12.6. The van der Waals surface area contributed by atoms with Gasteiger partial charge in [-0.3, -0.25) is 13.9 Å². The quantitative estimate of drug-likeness (QED) is 0.433. The molecule has 0 unspecified atom stereocenters. The van der Waals surface area contributed by atoms with Crippen LogP contribution in [0.2, 0.25) is 0 Å². The summed E-state index contributed by atoms with van der Waals surface area (Å²) in [6, 6.07) is 14.9. The van der Waals surface area contributed by atoms with Crippen LogP contribution in [0.3, 0.4) is 0 Å². The van der Waals surface area contributed by atoms with Gasteiger partial charge in [-0.05, 0) is 69.7 Å². The van der Waals surface area contributed by atoms with Crippen molar-refractivity contribution in [1.29, 1.82) is 0 Å². The molecule has 0 bridgehead atoms. The highest BCUT2D eigenvalue weighted by atomic mass is 32.2. The van der Waals surface area contributed by atoms with Crippen molar-refractivity contribution in [3.05, 3.63) is 65.2 Å². The number of amides is 2. The minimum absolute atomic E-state index is 0.0203. The molecule has 8 heteroatoms. The van der Waals surface area contributed by atoms with Crippen molar-refractivity contribution < 1.29 is 18.0 Å². The number of hydrogen-bond acceptors (Lipinski definition) is 4.